The maximum atomic E-state index is 13.0. The van der Waals surface area contributed by atoms with E-state index in [0.29, 0.717) is 30.8 Å². The van der Waals surface area contributed by atoms with Crippen LogP contribution in [0.15, 0.2) is 61.1 Å². The van der Waals surface area contributed by atoms with E-state index in [1.807, 2.05) is 42.5 Å². The molecule has 1 saturated heterocycles. The number of aromatic nitrogens is 3. The standard InChI is InChI=1S/C19H18N4O2/c24-16-8-10-22(12-16)19(25)17-13-23(15-6-2-1-3-7-15)21-18(17)14-5-4-9-20-11-14/h1-7,9,11,13,16,24H,8,10,12H2/t16-/m1/s1. The molecule has 1 aromatic carbocycles. The number of aliphatic hydroxyl groups excluding tert-OH is 1. The van der Waals surface area contributed by atoms with E-state index in [-0.39, 0.29) is 5.91 Å². The van der Waals surface area contributed by atoms with Gasteiger partial charge in [0.15, 0.2) is 0 Å². The lowest BCUT2D eigenvalue weighted by Crippen LogP contribution is -2.29. The Morgan fingerprint density at radius 2 is 2.00 bits per heavy atom. The molecule has 0 bridgehead atoms. The second-order valence-electron chi connectivity index (χ2n) is 6.11. The normalized spacial score (nSPS) is 17.0. The summed E-state index contributed by atoms with van der Waals surface area (Å²) < 4.78 is 1.71. The number of rotatable bonds is 3. The van der Waals surface area contributed by atoms with E-state index in [0.717, 1.165) is 11.3 Å². The van der Waals surface area contributed by atoms with E-state index < -0.39 is 6.10 Å². The maximum absolute atomic E-state index is 13.0. The molecule has 1 aliphatic heterocycles. The van der Waals surface area contributed by atoms with Gasteiger partial charge >= 0.3 is 0 Å². The van der Waals surface area contributed by atoms with Gasteiger partial charge in [-0.25, -0.2) is 4.68 Å². The number of pyridine rings is 1. The van der Waals surface area contributed by atoms with Crippen LogP contribution in [0.2, 0.25) is 0 Å². The van der Waals surface area contributed by atoms with Crippen LogP contribution in [-0.4, -0.2) is 49.9 Å². The van der Waals surface area contributed by atoms with Crippen LogP contribution in [-0.2, 0) is 0 Å². The average Bonchev–Trinajstić information content (AvgIpc) is 3.29. The van der Waals surface area contributed by atoms with E-state index in [1.165, 1.54) is 0 Å². The number of likely N-dealkylation sites (tertiary alicyclic amines) is 1. The summed E-state index contributed by atoms with van der Waals surface area (Å²) in [6.07, 6.45) is 5.31. The Bertz CT molecular complexity index is 877. The predicted molar refractivity (Wildman–Crippen MR) is 93.3 cm³/mol. The molecule has 25 heavy (non-hydrogen) atoms. The summed E-state index contributed by atoms with van der Waals surface area (Å²) in [5.74, 6) is -0.113. The van der Waals surface area contributed by atoms with Gasteiger partial charge in [0.2, 0.25) is 0 Å². The second kappa shape index (κ2) is 6.49. The van der Waals surface area contributed by atoms with Crippen molar-refractivity contribution in [3.63, 3.8) is 0 Å². The molecule has 2 aromatic heterocycles. The second-order valence-corrected chi connectivity index (χ2v) is 6.11. The molecule has 1 atom stereocenters. The highest BCUT2D eigenvalue weighted by Crippen LogP contribution is 2.25. The Hall–Kier alpha value is -2.99. The van der Waals surface area contributed by atoms with Gasteiger partial charge in [-0.15, -0.1) is 0 Å². The Kier molecular flexibility index (Phi) is 4.03. The molecule has 3 aromatic rings. The predicted octanol–water partition coefficient (Wildman–Crippen LogP) is 2.14. The van der Waals surface area contributed by atoms with Gasteiger partial charge in [0.05, 0.1) is 17.4 Å². The molecule has 6 heteroatoms. The fourth-order valence-corrected chi connectivity index (χ4v) is 3.06. The number of hydrogen-bond acceptors (Lipinski definition) is 4. The van der Waals surface area contributed by atoms with Gasteiger partial charge in [-0.05, 0) is 30.7 Å². The van der Waals surface area contributed by atoms with E-state index >= 15 is 0 Å². The highest BCUT2D eigenvalue weighted by atomic mass is 16.3. The average molecular weight is 334 g/mol. The van der Waals surface area contributed by atoms with Crippen molar-refractivity contribution >= 4 is 5.91 Å². The number of amides is 1. The minimum Gasteiger partial charge on any atom is -0.391 e. The van der Waals surface area contributed by atoms with Gasteiger partial charge in [0.1, 0.15) is 5.69 Å². The molecule has 1 amide bonds. The van der Waals surface area contributed by atoms with Gasteiger partial charge in [-0.2, -0.15) is 5.10 Å². The molecule has 1 N–H and O–H groups in total. The first-order valence-electron chi connectivity index (χ1n) is 8.25. The number of nitrogens with zero attached hydrogens (tertiary/aromatic N) is 4. The lowest BCUT2D eigenvalue weighted by Gasteiger charge is -2.15. The molecule has 3 heterocycles. The molecule has 126 valence electrons. The van der Waals surface area contributed by atoms with Crippen molar-refractivity contribution in [1.82, 2.24) is 19.7 Å². The highest BCUT2D eigenvalue weighted by molar-refractivity contribution is 6.00. The minimum absolute atomic E-state index is 0.113. The van der Waals surface area contributed by atoms with Crippen LogP contribution in [0.3, 0.4) is 0 Å². The first-order chi connectivity index (χ1) is 12.2. The summed E-state index contributed by atoms with van der Waals surface area (Å²) in [5.41, 5.74) is 2.79. The minimum atomic E-state index is -0.449. The van der Waals surface area contributed by atoms with Gasteiger partial charge in [-0.1, -0.05) is 18.2 Å². The van der Waals surface area contributed by atoms with E-state index in [4.69, 9.17) is 0 Å². The number of hydrogen-bond donors (Lipinski definition) is 1. The molecule has 0 spiro atoms. The van der Waals surface area contributed by atoms with Crippen molar-refractivity contribution in [1.29, 1.82) is 0 Å². The van der Waals surface area contributed by atoms with Crippen LogP contribution in [0.1, 0.15) is 16.8 Å². The van der Waals surface area contributed by atoms with Crippen LogP contribution in [0.25, 0.3) is 16.9 Å². The monoisotopic (exact) mass is 334 g/mol. The zero-order chi connectivity index (χ0) is 17.2. The molecular weight excluding hydrogens is 316 g/mol. The number of β-amino-alcohol motifs (C(OH)–C–C–N with tert-alkyl or cyclic N) is 1. The molecule has 0 unspecified atom stereocenters. The third kappa shape index (κ3) is 3.04. The molecule has 0 aliphatic carbocycles. The number of carbonyl (C=O) groups is 1. The SMILES string of the molecule is O=C(c1cn(-c2ccccc2)nc1-c1cccnc1)N1CC[C@@H](O)C1. The van der Waals surface area contributed by atoms with Crippen LogP contribution >= 0.6 is 0 Å². The highest BCUT2D eigenvalue weighted by Gasteiger charge is 2.29. The molecule has 6 nitrogen and oxygen atoms in total. The lowest BCUT2D eigenvalue weighted by atomic mass is 10.1. The number of aliphatic hydroxyl groups is 1. The van der Waals surface area contributed by atoms with E-state index in [2.05, 4.69) is 10.1 Å². The van der Waals surface area contributed by atoms with Crippen molar-refractivity contribution in [2.75, 3.05) is 13.1 Å². The summed E-state index contributed by atoms with van der Waals surface area (Å²) in [7, 11) is 0. The van der Waals surface area contributed by atoms with Crippen LogP contribution in [0, 0.1) is 0 Å². The van der Waals surface area contributed by atoms with E-state index in [9.17, 15) is 9.90 Å². The summed E-state index contributed by atoms with van der Waals surface area (Å²) >= 11 is 0. The summed E-state index contributed by atoms with van der Waals surface area (Å²) in [6, 6.07) is 13.4. The number of benzene rings is 1. The summed E-state index contributed by atoms with van der Waals surface area (Å²) in [4.78, 5) is 18.8. The largest absolute Gasteiger partial charge is 0.391 e. The van der Waals surface area contributed by atoms with Crippen molar-refractivity contribution in [3.8, 4) is 16.9 Å². The fraction of sp³-hybridized carbons (Fsp3) is 0.211. The number of carbonyl (C=O) groups excluding carboxylic acids is 1. The molecule has 0 saturated carbocycles. The van der Waals surface area contributed by atoms with Gasteiger partial charge < -0.3 is 10.0 Å². The Morgan fingerprint density at radius 3 is 2.68 bits per heavy atom. The topological polar surface area (TPSA) is 71.2 Å². The Morgan fingerprint density at radius 1 is 1.16 bits per heavy atom. The molecule has 4 rings (SSSR count). The maximum Gasteiger partial charge on any atom is 0.257 e. The smallest absolute Gasteiger partial charge is 0.257 e. The van der Waals surface area contributed by atoms with Gasteiger partial charge in [-0.3, -0.25) is 9.78 Å². The van der Waals surface area contributed by atoms with Crippen LogP contribution in [0.4, 0.5) is 0 Å². The molecule has 0 radical (unpaired) electrons. The van der Waals surface area contributed by atoms with Crippen LogP contribution < -0.4 is 0 Å². The first kappa shape index (κ1) is 15.5. The molecular formula is C19H18N4O2. The zero-order valence-electron chi connectivity index (χ0n) is 13.6. The third-order valence-corrected chi connectivity index (χ3v) is 4.35. The lowest BCUT2D eigenvalue weighted by molar-refractivity contribution is 0.0765. The van der Waals surface area contributed by atoms with Crippen molar-refractivity contribution in [2.24, 2.45) is 0 Å². The first-order valence-corrected chi connectivity index (χ1v) is 8.25. The Labute approximate surface area is 145 Å². The number of para-hydroxylation sites is 1. The van der Waals surface area contributed by atoms with Crippen molar-refractivity contribution in [2.45, 2.75) is 12.5 Å². The third-order valence-electron chi connectivity index (χ3n) is 4.35. The van der Waals surface area contributed by atoms with Gasteiger partial charge in [0, 0.05) is 37.2 Å². The molecule has 1 aliphatic rings. The van der Waals surface area contributed by atoms with Crippen molar-refractivity contribution < 1.29 is 9.90 Å². The zero-order valence-corrected chi connectivity index (χ0v) is 13.6. The summed E-state index contributed by atoms with van der Waals surface area (Å²) in [5, 5.41) is 14.4. The van der Waals surface area contributed by atoms with Gasteiger partial charge in [0.25, 0.3) is 5.91 Å². The van der Waals surface area contributed by atoms with Crippen LogP contribution in [0.5, 0.6) is 0 Å². The summed E-state index contributed by atoms with van der Waals surface area (Å²) in [6.45, 7) is 0.921. The quantitative estimate of drug-likeness (QED) is 0.797. The van der Waals surface area contributed by atoms with Crippen molar-refractivity contribution in [3.05, 3.63) is 66.6 Å². The fourth-order valence-electron chi connectivity index (χ4n) is 3.06. The van der Waals surface area contributed by atoms with E-state index in [1.54, 1.807) is 28.2 Å². The molecule has 1 fully saturated rings. The Balaban J connectivity index is 1.78.